The fourth-order valence-electron chi connectivity index (χ4n) is 0.953. The minimum Gasteiger partial charge on any atom is -0.766 e. The van der Waals surface area contributed by atoms with Crippen molar-refractivity contribution < 1.29 is 43.1 Å². The molecule has 1 aromatic rings. The predicted molar refractivity (Wildman–Crippen MR) is 61.3 cm³/mol. The van der Waals surface area contributed by atoms with Crippen molar-refractivity contribution in [1.82, 2.24) is 14.8 Å². The third-order valence-electron chi connectivity index (χ3n) is 1.88. The van der Waals surface area contributed by atoms with Crippen LogP contribution in [0.15, 0.2) is 11.5 Å². The summed E-state index contributed by atoms with van der Waals surface area (Å²) >= 11 is -2.37. The van der Waals surface area contributed by atoms with Crippen molar-refractivity contribution in [3.8, 4) is 0 Å². The van der Waals surface area contributed by atoms with Gasteiger partial charge in [-0.2, -0.15) is 0 Å². The van der Waals surface area contributed by atoms with E-state index in [4.69, 9.17) is 4.74 Å². The van der Waals surface area contributed by atoms with Gasteiger partial charge in [-0.1, -0.05) is 19.6 Å². The van der Waals surface area contributed by atoms with Crippen molar-refractivity contribution in [3.63, 3.8) is 0 Å². The Bertz CT molecular complexity index is 369. The van der Waals surface area contributed by atoms with Gasteiger partial charge in [0.1, 0.15) is 13.1 Å². The Morgan fingerprint density at radius 2 is 2.18 bits per heavy atom. The number of nitrogens with zero attached hydrogens (tertiary/aromatic N) is 3. The van der Waals surface area contributed by atoms with Crippen LogP contribution in [-0.2, 0) is 22.5 Å². The number of hydrogen-bond donors (Lipinski definition) is 0. The number of rotatable bonds is 6. The molecule has 0 spiro atoms. The molecule has 17 heavy (non-hydrogen) atoms. The Balaban J connectivity index is 0.00000256. The van der Waals surface area contributed by atoms with Crippen molar-refractivity contribution in [2.75, 3.05) is 6.61 Å². The summed E-state index contributed by atoms with van der Waals surface area (Å²) in [6.45, 7) is 7.72. The largest absolute Gasteiger partial charge is 1.00 e. The first-order valence-corrected chi connectivity index (χ1v) is 9.73. The van der Waals surface area contributed by atoms with E-state index in [0.29, 0.717) is 6.61 Å². The van der Waals surface area contributed by atoms with E-state index in [1.165, 1.54) is 11.0 Å². The summed E-state index contributed by atoms with van der Waals surface area (Å²) in [4.78, 5) is 3.61. The normalized spacial score (nSPS) is 13.2. The zero-order chi connectivity index (χ0) is 12.2. The molecule has 92 valence electrons. The Hall–Kier alpha value is 0.427. The van der Waals surface area contributed by atoms with Crippen LogP contribution in [0.3, 0.4) is 0 Å². The molecule has 0 aliphatic rings. The van der Waals surface area contributed by atoms with E-state index in [9.17, 15) is 8.76 Å². The van der Waals surface area contributed by atoms with E-state index in [-0.39, 0.29) is 41.4 Å². The average Bonchev–Trinajstić information content (AvgIpc) is 2.59. The standard InChI is InChI=1S/C8H17N3O3SSi.Na/c1-16(2,3)5-4-14-7-11-6-9-8(10-11)15(12)13;/h6H,4-5,7H2,1-3H3,(H,12,13);/q;+1/p-1. The maximum atomic E-state index is 10.5. The van der Waals surface area contributed by atoms with Gasteiger partial charge >= 0.3 is 29.6 Å². The molecule has 0 aromatic carbocycles. The summed E-state index contributed by atoms with van der Waals surface area (Å²) in [6.07, 6.45) is 1.35. The van der Waals surface area contributed by atoms with Crippen molar-refractivity contribution in [3.05, 3.63) is 6.33 Å². The maximum absolute atomic E-state index is 10.5. The Kier molecular flexibility index (Phi) is 7.97. The van der Waals surface area contributed by atoms with Gasteiger partial charge < -0.3 is 9.29 Å². The van der Waals surface area contributed by atoms with Crippen molar-refractivity contribution in [2.45, 2.75) is 37.6 Å². The summed E-state index contributed by atoms with van der Waals surface area (Å²) in [6, 6.07) is 1.07. The topological polar surface area (TPSA) is 80.1 Å². The summed E-state index contributed by atoms with van der Waals surface area (Å²) in [5.41, 5.74) is 0. The van der Waals surface area contributed by atoms with E-state index >= 15 is 0 Å². The van der Waals surface area contributed by atoms with Crippen molar-refractivity contribution >= 4 is 19.2 Å². The second-order valence-electron chi connectivity index (χ2n) is 4.65. The van der Waals surface area contributed by atoms with Crippen LogP contribution in [0.25, 0.3) is 0 Å². The summed E-state index contributed by atoms with van der Waals surface area (Å²) < 4.78 is 27.8. The van der Waals surface area contributed by atoms with Crippen LogP contribution in [-0.4, -0.2) is 38.2 Å². The molecule has 1 unspecified atom stereocenters. The van der Waals surface area contributed by atoms with Crippen molar-refractivity contribution in [2.24, 2.45) is 0 Å². The van der Waals surface area contributed by atoms with E-state index in [1.54, 1.807) is 0 Å². The predicted octanol–water partition coefficient (Wildman–Crippen LogP) is -2.17. The molecule has 0 aliphatic carbocycles. The molecule has 0 N–H and O–H groups in total. The van der Waals surface area contributed by atoms with Gasteiger partial charge in [-0.05, 0) is 6.04 Å². The molecule has 0 bridgehead atoms. The number of ether oxygens (including phenoxy) is 1. The van der Waals surface area contributed by atoms with Crippen LogP contribution in [0.1, 0.15) is 0 Å². The molecule has 1 rings (SSSR count). The Morgan fingerprint density at radius 1 is 1.53 bits per heavy atom. The SMILES string of the molecule is C[Si](C)(C)CCOCn1cnc(S(=O)[O-])n1.[Na+]. The summed E-state index contributed by atoms with van der Waals surface area (Å²) in [5, 5.41) is 3.52. The molecule has 6 nitrogen and oxygen atoms in total. The Labute approximate surface area is 127 Å². The van der Waals surface area contributed by atoms with Crippen LogP contribution in [0.5, 0.6) is 0 Å². The van der Waals surface area contributed by atoms with Gasteiger partial charge in [0.25, 0.3) is 0 Å². The second kappa shape index (κ2) is 7.77. The third-order valence-corrected chi connectivity index (χ3v) is 4.07. The van der Waals surface area contributed by atoms with Gasteiger partial charge in [0.2, 0.25) is 5.16 Å². The first-order chi connectivity index (χ1) is 7.38. The molecule has 9 heteroatoms. The smallest absolute Gasteiger partial charge is 0.766 e. The molecule has 1 heterocycles. The van der Waals surface area contributed by atoms with Gasteiger partial charge in [0, 0.05) is 25.8 Å². The summed E-state index contributed by atoms with van der Waals surface area (Å²) in [5.74, 6) is 0. The summed E-state index contributed by atoms with van der Waals surface area (Å²) in [7, 11) is -1.08. The van der Waals surface area contributed by atoms with Crippen LogP contribution in [0.2, 0.25) is 25.7 Å². The van der Waals surface area contributed by atoms with E-state index in [1.807, 2.05) is 0 Å². The quantitative estimate of drug-likeness (QED) is 0.338. The molecular weight excluding hydrogens is 269 g/mol. The minimum atomic E-state index is -2.37. The van der Waals surface area contributed by atoms with Gasteiger partial charge in [-0.3, -0.25) is 4.21 Å². The minimum absolute atomic E-state index is 0. The molecule has 1 atom stereocenters. The van der Waals surface area contributed by atoms with Crippen LogP contribution in [0, 0.1) is 0 Å². The fourth-order valence-corrected chi connectivity index (χ4v) is 2.01. The molecule has 1 aromatic heterocycles. The second-order valence-corrected chi connectivity index (χ2v) is 11.1. The van der Waals surface area contributed by atoms with Crippen LogP contribution in [0.4, 0.5) is 0 Å². The first kappa shape index (κ1) is 17.4. The Morgan fingerprint density at radius 3 is 2.65 bits per heavy atom. The van der Waals surface area contributed by atoms with Gasteiger partial charge in [0.05, 0.1) is 0 Å². The maximum Gasteiger partial charge on any atom is 1.00 e. The van der Waals surface area contributed by atoms with Crippen molar-refractivity contribution in [1.29, 1.82) is 0 Å². The zero-order valence-electron chi connectivity index (χ0n) is 10.7. The third kappa shape index (κ3) is 7.45. The molecule has 0 saturated carbocycles. The molecule has 0 aliphatic heterocycles. The molecule has 0 amide bonds. The monoisotopic (exact) mass is 285 g/mol. The molecule has 0 saturated heterocycles. The molecule has 0 fully saturated rings. The first-order valence-electron chi connectivity index (χ1n) is 4.95. The molecular formula is C8H16N3NaO3SSi. The van der Waals surface area contributed by atoms with Gasteiger partial charge in [-0.15, -0.1) is 5.10 Å². The fraction of sp³-hybridized carbons (Fsp3) is 0.750. The van der Waals surface area contributed by atoms with E-state index in [0.717, 1.165) is 6.04 Å². The molecule has 0 radical (unpaired) electrons. The van der Waals surface area contributed by atoms with E-state index in [2.05, 4.69) is 29.7 Å². The number of aromatic nitrogens is 3. The van der Waals surface area contributed by atoms with Crippen LogP contribution >= 0.6 is 0 Å². The van der Waals surface area contributed by atoms with Crippen LogP contribution < -0.4 is 29.6 Å². The zero-order valence-corrected chi connectivity index (χ0v) is 14.5. The van der Waals surface area contributed by atoms with E-state index < -0.39 is 19.2 Å². The average molecular weight is 285 g/mol. The number of hydrogen-bond acceptors (Lipinski definition) is 5. The van der Waals surface area contributed by atoms with Gasteiger partial charge in [-0.25, -0.2) is 9.67 Å². The van der Waals surface area contributed by atoms with Gasteiger partial charge in [0.15, 0.2) is 0 Å².